The van der Waals surface area contributed by atoms with Crippen molar-refractivity contribution in [1.29, 1.82) is 0 Å². The molecule has 0 rings (SSSR count). The van der Waals surface area contributed by atoms with Gasteiger partial charge in [-0.05, 0) is 20.8 Å². The summed E-state index contributed by atoms with van der Waals surface area (Å²) in [6.45, 7) is 13.4. The van der Waals surface area contributed by atoms with Crippen LogP contribution in [0.2, 0.25) is 0 Å². The molecule has 0 aromatic carbocycles. The van der Waals surface area contributed by atoms with Crippen molar-refractivity contribution >= 4 is 23.7 Å². The van der Waals surface area contributed by atoms with E-state index in [1.165, 1.54) is 0 Å². The average Bonchev–Trinajstić information content (AvgIpc) is 1.85. The van der Waals surface area contributed by atoms with Crippen LogP contribution in [-0.2, 0) is 4.74 Å². The maximum atomic E-state index is 8.52. The van der Waals surface area contributed by atoms with E-state index in [0.717, 1.165) is 0 Å². The summed E-state index contributed by atoms with van der Waals surface area (Å²) in [6, 6.07) is 0. The Morgan fingerprint density at radius 1 is 1.15 bits per heavy atom. The summed E-state index contributed by atoms with van der Waals surface area (Å²) >= 11 is 0. The fraction of sp³-hybridized carbons (Fsp3) is 0.600. The number of hydrogen-bond acceptors (Lipinski definition) is 2. The zero-order valence-electron chi connectivity index (χ0n) is 8.84. The monoisotopic (exact) mass is 304 g/mol. The van der Waals surface area contributed by atoms with Gasteiger partial charge >= 0.3 is 23.7 Å². The fourth-order valence-corrected chi connectivity index (χ4v) is 0.235. The van der Waals surface area contributed by atoms with Crippen LogP contribution in [0.5, 0.6) is 0 Å². The zero-order valence-corrected chi connectivity index (χ0v) is 11.7. The van der Waals surface area contributed by atoms with Crippen molar-refractivity contribution in [3.8, 4) is 0 Å². The van der Waals surface area contributed by atoms with Gasteiger partial charge in [0, 0.05) is 0 Å². The third kappa shape index (κ3) is 72.1. The van der Waals surface area contributed by atoms with Gasteiger partial charge in [-0.3, -0.25) is 0 Å². The first kappa shape index (κ1) is 18.9. The maximum absolute atomic E-state index is 8.52. The predicted molar refractivity (Wildman–Crippen MR) is 61.7 cm³/mol. The molecule has 0 radical (unpaired) electrons. The van der Waals surface area contributed by atoms with Crippen molar-refractivity contribution in [3.05, 3.63) is 25.3 Å². The molecule has 0 aromatic heterocycles. The van der Waals surface area contributed by atoms with Crippen molar-refractivity contribution in [2.45, 2.75) is 26.4 Å². The van der Waals surface area contributed by atoms with Crippen LogP contribution >= 0.6 is 0 Å². The first-order valence-electron chi connectivity index (χ1n) is 3.93. The van der Waals surface area contributed by atoms with Crippen molar-refractivity contribution in [2.24, 2.45) is 0 Å². The van der Waals surface area contributed by atoms with Gasteiger partial charge in [-0.1, -0.05) is 12.2 Å². The van der Waals surface area contributed by atoms with Crippen LogP contribution in [0, 0.1) is 0 Å². The average molecular weight is 302 g/mol. The van der Waals surface area contributed by atoms with Crippen LogP contribution in [0.1, 0.15) is 20.8 Å². The van der Waals surface area contributed by atoms with Gasteiger partial charge in [0.1, 0.15) is 0 Å². The van der Waals surface area contributed by atoms with Crippen LogP contribution in [0.15, 0.2) is 25.3 Å². The third-order valence-electron chi connectivity index (χ3n) is 0.471. The standard InChI is InChI=1S/C6H10O.C4H10O.H2Te/c1-3-5-7-6-4-2;1-4(2,3)5;/h3-4H,1-2,5-6H2;5H,1-3H3;1H2. The molecule has 0 bridgehead atoms. The van der Waals surface area contributed by atoms with Gasteiger partial charge in [-0.2, -0.15) is 0 Å². The summed E-state index contributed by atoms with van der Waals surface area (Å²) in [6.07, 6.45) is 3.42. The zero-order chi connectivity index (χ0) is 10.0. The summed E-state index contributed by atoms with van der Waals surface area (Å²) < 4.78 is 4.90. The van der Waals surface area contributed by atoms with Crippen LogP contribution < -0.4 is 0 Å². The summed E-state index contributed by atoms with van der Waals surface area (Å²) in [5.41, 5.74) is -0.500. The van der Waals surface area contributed by atoms with Crippen LogP contribution in [0.3, 0.4) is 0 Å². The summed E-state index contributed by atoms with van der Waals surface area (Å²) in [5.74, 6) is 0. The molecule has 0 saturated carbocycles. The molecule has 3 heteroatoms. The van der Waals surface area contributed by atoms with E-state index in [0.29, 0.717) is 13.2 Å². The van der Waals surface area contributed by atoms with Gasteiger partial charge in [0.25, 0.3) is 0 Å². The number of hydrogen-bond donors (Lipinski definition) is 1. The van der Waals surface area contributed by atoms with Gasteiger partial charge in [0.15, 0.2) is 0 Å². The Bertz CT molecular complexity index is 103. The Hall–Kier alpha value is 0.190. The summed E-state index contributed by atoms with van der Waals surface area (Å²) in [7, 11) is 0. The number of ether oxygens (including phenoxy) is 1. The predicted octanol–water partition coefficient (Wildman–Crippen LogP) is 1.24. The summed E-state index contributed by atoms with van der Waals surface area (Å²) in [4.78, 5) is 0. The van der Waals surface area contributed by atoms with Gasteiger partial charge in [0.05, 0.1) is 18.8 Å². The first-order valence-corrected chi connectivity index (χ1v) is 3.93. The SMILES string of the molecule is C=CCOCC=C.CC(C)(C)O.[TeH2]. The van der Waals surface area contributed by atoms with E-state index in [-0.39, 0.29) is 23.7 Å². The Morgan fingerprint density at radius 2 is 1.38 bits per heavy atom. The quantitative estimate of drug-likeness (QED) is 0.481. The molecule has 0 heterocycles. The van der Waals surface area contributed by atoms with Crippen molar-refractivity contribution < 1.29 is 9.84 Å². The third-order valence-corrected chi connectivity index (χ3v) is 0.471. The molecule has 0 spiro atoms. The molecule has 0 aliphatic heterocycles. The van der Waals surface area contributed by atoms with Crippen molar-refractivity contribution in [2.75, 3.05) is 13.2 Å². The second kappa shape index (κ2) is 12.2. The first-order chi connectivity index (χ1) is 5.41. The minimum absolute atomic E-state index is 0. The topological polar surface area (TPSA) is 29.5 Å². The van der Waals surface area contributed by atoms with Gasteiger partial charge in [0.2, 0.25) is 0 Å². The summed E-state index contributed by atoms with van der Waals surface area (Å²) in [5, 5.41) is 8.52. The number of rotatable bonds is 4. The molecule has 80 valence electrons. The molecule has 1 N–H and O–H groups in total. The Balaban J connectivity index is -0.000000150. The van der Waals surface area contributed by atoms with E-state index >= 15 is 0 Å². The molecule has 13 heavy (non-hydrogen) atoms. The van der Waals surface area contributed by atoms with E-state index in [2.05, 4.69) is 13.2 Å². The van der Waals surface area contributed by atoms with Gasteiger partial charge < -0.3 is 9.84 Å². The van der Waals surface area contributed by atoms with Gasteiger partial charge in [-0.25, -0.2) is 0 Å². The minimum atomic E-state index is -0.500. The van der Waals surface area contributed by atoms with E-state index < -0.39 is 5.60 Å². The second-order valence-corrected chi connectivity index (χ2v) is 3.29. The van der Waals surface area contributed by atoms with E-state index in [9.17, 15) is 0 Å². The van der Waals surface area contributed by atoms with E-state index in [1.54, 1.807) is 32.9 Å². The molecular formula is C10H22O2Te. The van der Waals surface area contributed by atoms with E-state index in [1.807, 2.05) is 0 Å². The fourth-order valence-electron chi connectivity index (χ4n) is 0.235. The van der Waals surface area contributed by atoms with Crippen LogP contribution in [0.25, 0.3) is 0 Å². The number of aliphatic hydroxyl groups is 1. The molecule has 0 saturated heterocycles. The molecule has 0 aromatic rings. The Kier molecular flexibility index (Phi) is 17.7. The second-order valence-electron chi connectivity index (χ2n) is 3.29. The molecule has 0 fully saturated rings. The van der Waals surface area contributed by atoms with Crippen LogP contribution in [0.4, 0.5) is 0 Å². The molecule has 2 nitrogen and oxygen atoms in total. The van der Waals surface area contributed by atoms with E-state index in [4.69, 9.17) is 9.84 Å². The molecule has 0 amide bonds. The molecule has 0 aliphatic carbocycles. The van der Waals surface area contributed by atoms with Crippen molar-refractivity contribution in [3.63, 3.8) is 0 Å². The molecule has 0 atom stereocenters. The molecular weight excluding hydrogens is 280 g/mol. The van der Waals surface area contributed by atoms with Gasteiger partial charge in [-0.15, -0.1) is 13.2 Å². The Labute approximate surface area is 98.4 Å². The molecule has 0 aliphatic rings. The Morgan fingerprint density at radius 3 is 1.54 bits per heavy atom. The van der Waals surface area contributed by atoms with Crippen molar-refractivity contribution in [1.82, 2.24) is 0 Å². The normalized spacial score (nSPS) is 8.92. The van der Waals surface area contributed by atoms with Crippen LogP contribution in [-0.4, -0.2) is 47.6 Å². The molecule has 0 unspecified atom stereocenters.